The molecule has 1 aliphatic carbocycles. The third-order valence-electron chi connectivity index (χ3n) is 4.84. The van der Waals surface area contributed by atoms with Crippen molar-refractivity contribution in [3.63, 3.8) is 0 Å². The van der Waals surface area contributed by atoms with Crippen LogP contribution in [0.3, 0.4) is 0 Å². The topological polar surface area (TPSA) is 3.24 Å². The first-order valence-corrected chi connectivity index (χ1v) is 7.32. The molecule has 1 aliphatic rings. The number of nitrogens with zero attached hydrogens (tertiary/aromatic N) is 1. The summed E-state index contributed by atoms with van der Waals surface area (Å²) in [6.07, 6.45) is 3.76. The summed E-state index contributed by atoms with van der Waals surface area (Å²) in [6, 6.07) is 11.4. The van der Waals surface area contributed by atoms with Crippen LogP contribution in [0.4, 0.5) is 0 Å². The van der Waals surface area contributed by atoms with Crippen molar-refractivity contribution in [2.45, 2.75) is 46.1 Å². The van der Waals surface area contributed by atoms with E-state index in [0.717, 1.165) is 0 Å². The van der Waals surface area contributed by atoms with Gasteiger partial charge in [0.1, 0.15) is 0 Å². The molecule has 19 heavy (non-hydrogen) atoms. The largest absolute Gasteiger partial charge is 0.302 e. The lowest BCUT2D eigenvalue weighted by Gasteiger charge is -2.26. The van der Waals surface area contributed by atoms with E-state index in [1.807, 2.05) is 0 Å². The number of hydrogen-bond acceptors (Lipinski definition) is 1. The summed E-state index contributed by atoms with van der Waals surface area (Å²) >= 11 is 0. The molecule has 1 aromatic carbocycles. The fourth-order valence-corrected chi connectivity index (χ4v) is 3.08. The van der Waals surface area contributed by atoms with Gasteiger partial charge in [0, 0.05) is 6.04 Å². The zero-order valence-corrected chi connectivity index (χ0v) is 13.0. The highest BCUT2D eigenvalue weighted by Gasteiger charge is 2.30. The van der Waals surface area contributed by atoms with Gasteiger partial charge in [0.2, 0.25) is 0 Å². The van der Waals surface area contributed by atoms with E-state index >= 15 is 0 Å². The molecule has 0 heterocycles. The number of allylic oxidation sites excluding steroid dienone is 1. The summed E-state index contributed by atoms with van der Waals surface area (Å²) in [5, 5.41) is 0. The summed E-state index contributed by atoms with van der Waals surface area (Å²) in [7, 11) is 4.38. The smallest absolute Gasteiger partial charge is 0.0379 e. The zero-order chi connectivity index (χ0) is 14.0. The summed E-state index contributed by atoms with van der Waals surface area (Å²) < 4.78 is 0. The minimum Gasteiger partial charge on any atom is -0.302 e. The molecule has 1 atom stereocenters. The van der Waals surface area contributed by atoms with E-state index < -0.39 is 0 Å². The third kappa shape index (κ3) is 3.09. The molecule has 0 saturated carbocycles. The van der Waals surface area contributed by atoms with Crippen molar-refractivity contribution in [1.29, 1.82) is 0 Å². The van der Waals surface area contributed by atoms with Gasteiger partial charge < -0.3 is 4.90 Å². The van der Waals surface area contributed by atoms with Crippen LogP contribution in [0.25, 0.3) is 0 Å². The third-order valence-corrected chi connectivity index (χ3v) is 4.84. The average molecular weight is 257 g/mol. The van der Waals surface area contributed by atoms with Crippen molar-refractivity contribution < 1.29 is 0 Å². The van der Waals surface area contributed by atoms with Crippen molar-refractivity contribution >= 4 is 0 Å². The van der Waals surface area contributed by atoms with Gasteiger partial charge in [0.05, 0.1) is 0 Å². The van der Waals surface area contributed by atoms with E-state index in [-0.39, 0.29) is 0 Å². The van der Waals surface area contributed by atoms with Gasteiger partial charge in [-0.2, -0.15) is 0 Å². The molecule has 1 nitrogen and oxygen atoms in total. The fraction of sp³-hybridized carbons (Fsp3) is 0.556. The van der Waals surface area contributed by atoms with Crippen molar-refractivity contribution in [3.8, 4) is 0 Å². The van der Waals surface area contributed by atoms with Crippen LogP contribution in [0.15, 0.2) is 41.5 Å². The van der Waals surface area contributed by atoms with Crippen LogP contribution in [0.5, 0.6) is 0 Å². The Labute approximate surface area is 118 Å². The lowest BCUT2D eigenvalue weighted by molar-refractivity contribution is 0.295. The van der Waals surface area contributed by atoms with Crippen molar-refractivity contribution in [3.05, 3.63) is 47.0 Å². The molecule has 0 spiro atoms. The van der Waals surface area contributed by atoms with Gasteiger partial charge in [0.25, 0.3) is 0 Å². The van der Waals surface area contributed by atoms with Crippen molar-refractivity contribution in [2.24, 2.45) is 5.41 Å². The summed E-state index contributed by atoms with van der Waals surface area (Å²) in [5.74, 6) is 0. The molecule has 0 aliphatic heterocycles. The molecule has 0 bridgehead atoms. The molecule has 0 saturated heterocycles. The van der Waals surface area contributed by atoms with Crippen LogP contribution in [0, 0.1) is 5.41 Å². The molecule has 1 aromatic rings. The van der Waals surface area contributed by atoms with Crippen LogP contribution < -0.4 is 0 Å². The molecule has 1 heteroatoms. The van der Waals surface area contributed by atoms with Crippen LogP contribution in [-0.4, -0.2) is 19.0 Å². The minimum atomic E-state index is 0.406. The maximum atomic E-state index is 2.38. The summed E-state index contributed by atoms with van der Waals surface area (Å²) in [6.45, 7) is 7.09. The second-order valence-corrected chi connectivity index (χ2v) is 6.71. The Bertz CT molecular complexity index is 454. The van der Waals surface area contributed by atoms with Crippen LogP contribution in [0.1, 0.15) is 51.6 Å². The van der Waals surface area contributed by atoms with Gasteiger partial charge in [-0.25, -0.2) is 0 Å². The monoisotopic (exact) mass is 257 g/mol. The van der Waals surface area contributed by atoms with E-state index in [4.69, 9.17) is 0 Å². The SMILES string of the molecule is CC1=C(CC(c2ccccc2)N(C)C)CCC1(C)C. The lowest BCUT2D eigenvalue weighted by atomic mass is 9.86. The van der Waals surface area contributed by atoms with Gasteiger partial charge in [-0.3, -0.25) is 0 Å². The molecular weight excluding hydrogens is 230 g/mol. The van der Waals surface area contributed by atoms with Crippen molar-refractivity contribution in [1.82, 2.24) is 4.90 Å². The Kier molecular flexibility index (Phi) is 4.15. The van der Waals surface area contributed by atoms with E-state index in [9.17, 15) is 0 Å². The van der Waals surface area contributed by atoms with Crippen molar-refractivity contribution in [2.75, 3.05) is 14.1 Å². The Morgan fingerprint density at radius 2 is 1.79 bits per heavy atom. The van der Waals surface area contributed by atoms with Crippen LogP contribution in [-0.2, 0) is 0 Å². The highest BCUT2D eigenvalue weighted by molar-refractivity contribution is 5.28. The molecule has 0 fully saturated rings. The second-order valence-electron chi connectivity index (χ2n) is 6.71. The molecule has 2 rings (SSSR count). The lowest BCUT2D eigenvalue weighted by Crippen LogP contribution is -2.20. The van der Waals surface area contributed by atoms with Gasteiger partial charge in [0.15, 0.2) is 0 Å². The molecule has 0 N–H and O–H groups in total. The van der Waals surface area contributed by atoms with E-state index in [1.165, 1.54) is 24.8 Å². The maximum Gasteiger partial charge on any atom is 0.0379 e. The molecule has 0 aromatic heterocycles. The minimum absolute atomic E-state index is 0.406. The van der Waals surface area contributed by atoms with Gasteiger partial charge in [-0.05, 0) is 51.3 Å². The molecule has 0 amide bonds. The average Bonchev–Trinajstić information content (AvgIpc) is 2.63. The number of hydrogen-bond donors (Lipinski definition) is 0. The van der Waals surface area contributed by atoms with Crippen LogP contribution >= 0.6 is 0 Å². The number of rotatable bonds is 4. The first-order valence-electron chi connectivity index (χ1n) is 7.32. The second kappa shape index (κ2) is 5.50. The predicted octanol–water partition coefficient (Wildman–Crippen LogP) is 4.82. The van der Waals surface area contributed by atoms with Gasteiger partial charge in [-0.1, -0.05) is 55.3 Å². The van der Waals surface area contributed by atoms with E-state index in [2.05, 4.69) is 70.1 Å². The highest BCUT2D eigenvalue weighted by atomic mass is 15.1. The summed E-state index contributed by atoms with van der Waals surface area (Å²) in [5.41, 5.74) is 5.13. The highest BCUT2D eigenvalue weighted by Crippen LogP contribution is 2.45. The summed E-state index contributed by atoms with van der Waals surface area (Å²) in [4.78, 5) is 2.35. The van der Waals surface area contributed by atoms with Gasteiger partial charge in [-0.15, -0.1) is 0 Å². The molecule has 1 unspecified atom stereocenters. The normalized spacial score (nSPS) is 20.1. The Hall–Kier alpha value is -1.08. The number of benzene rings is 1. The van der Waals surface area contributed by atoms with E-state index in [1.54, 1.807) is 11.1 Å². The Morgan fingerprint density at radius 3 is 2.26 bits per heavy atom. The first kappa shape index (κ1) is 14.3. The zero-order valence-electron chi connectivity index (χ0n) is 13.0. The molecule has 0 radical (unpaired) electrons. The molecule has 104 valence electrons. The van der Waals surface area contributed by atoms with Gasteiger partial charge >= 0.3 is 0 Å². The van der Waals surface area contributed by atoms with E-state index in [0.29, 0.717) is 11.5 Å². The molecular formula is C18H27N. The Balaban J connectivity index is 2.22. The quantitative estimate of drug-likeness (QED) is 0.699. The van der Waals surface area contributed by atoms with Crippen LogP contribution in [0.2, 0.25) is 0 Å². The fourth-order valence-electron chi connectivity index (χ4n) is 3.08. The standard InChI is InChI=1S/C18H27N/c1-14-16(11-12-18(14,2)3)13-17(19(4)5)15-9-7-6-8-10-15/h6-10,17H,11-13H2,1-5H3. The Morgan fingerprint density at radius 1 is 1.16 bits per heavy atom. The predicted molar refractivity (Wildman–Crippen MR) is 83.2 cm³/mol. The maximum absolute atomic E-state index is 2.38. The first-order chi connectivity index (χ1) is 8.92.